The van der Waals surface area contributed by atoms with Gasteiger partial charge in [0.2, 0.25) is 0 Å². The van der Waals surface area contributed by atoms with Gasteiger partial charge in [0.1, 0.15) is 11.6 Å². The molecule has 1 aromatic carbocycles. The van der Waals surface area contributed by atoms with E-state index in [2.05, 4.69) is 25.9 Å². The molecule has 100 valence electrons. The fourth-order valence-electron chi connectivity index (χ4n) is 1.48. The number of amides is 1. The number of rotatable bonds is 4. The van der Waals surface area contributed by atoms with Crippen molar-refractivity contribution in [2.75, 3.05) is 6.54 Å². The Kier molecular flexibility index (Phi) is 3.79. The number of carbonyl (C=O) groups excluding carboxylic acids is 1. The molecule has 1 atom stereocenters. The summed E-state index contributed by atoms with van der Waals surface area (Å²) < 4.78 is 26.1. The van der Waals surface area contributed by atoms with E-state index in [1.54, 1.807) is 6.92 Å². The monoisotopic (exact) mass is 267 g/mol. The Bertz CT molecular complexity index is 572. The molecule has 0 aliphatic heterocycles. The predicted octanol–water partition coefficient (Wildman–Crippen LogP) is 1.01. The lowest BCUT2D eigenvalue weighted by Gasteiger charge is -2.09. The SMILES string of the molecule is CC(CNC(=O)c1ccc(F)cc1F)c1nn[nH]n1. The van der Waals surface area contributed by atoms with Crippen LogP contribution in [0.5, 0.6) is 0 Å². The quantitative estimate of drug-likeness (QED) is 0.866. The molecule has 1 heterocycles. The van der Waals surface area contributed by atoms with Crippen LogP contribution >= 0.6 is 0 Å². The number of halogens is 2. The molecular weight excluding hydrogens is 256 g/mol. The van der Waals surface area contributed by atoms with Crippen LogP contribution in [0.25, 0.3) is 0 Å². The standard InChI is InChI=1S/C11H11F2N5O/c1-6(10-15-17-18-16-10)5-14-11(19)8-3-2-7(12)4-9(8)13/h2-4,6H,5H2,1H3,(H,14,19)(H,15,16,17,18). The maximum Gasteiger partial charge on any atom is 0.254 e. The van der Waals surface area contributed by atoms with Gasteiger partial charge in [-0.3, -0.25) is 4.79 Å². The summed E-state index contributed by atoms with van der Waals surface area (Å²) in [6, 6.07) is 2.79. The van der Waals surface area contributed by atoms with Gasteiger partial charge in [-0.05, 0) is 12.1 Å². The zero-order valence-corrected chi connectivity index (χ0v) is 10.0. The lowest BCUT2D eigenvalue weighted by atomic mass is 10.1. The van der Waals surface area contributed by atoms with Gasteiger partial charge in [-0.25, -0.2) is 8.78 Å². The second-order valence-corrected chi connectivity index (χ2v) is 4.01. The smallest absolute Gasteiger partial charge is 0.254 e. The van der Waals surface area contributed by atoms with Crippen molar-refractivity contribution in [2.24, 2.45) is 0 Å². The minimum Gasteiger partial charge on any atom is -0.351 e. The summed E-state index contributed by atoms with van der Waals surface area (Å²) in [5, 5.41) is 15.8. The van der Waals surface area contributed by atoms with E-state index >= 15 is 0 Å². The third-order valence-electron chi connectivity index (χ3n) is 2.55. The van der Waals surface area contributed by atoms with E-state index < -0.39 is 17.5 Å². The predicted molar refractivity (Wildman–Crippen MR) is 61.3 cm³/mol. The number of aromatic amines is 1. The number of carbonyl (C=O) groups is 1. The molecule has 0 saturated heterocycles. The van der Waals surface area contributed by atoms with Crippen LogP contribution in [0, 0.1) is 11.6 Å². The molecule has 2 aromatic rings. The Hall–Kier alpha value is -2.38. The zero-order valence-electron chi connectivity index (χ0n) is 10.0. The number of hydrogen-bond donors (Lipinski definition) is 2. The van der Waals surface area contributed by atoms with Crippen molar-refractivity contribution in [2.45, 2.75) is 12.8 Å². The van der Waals surface area contributed by atoms with Gasteiger partial charge in [0.25, 0.3) is 5.91 Å². The molecule has 8 heteroatoms. The highest BCUT2D eigenvalue weighted by molar-refractivity contribution is 5.94. The van der Waals surface area contributed by atoms with Gasteiger partial charge in [-0.15, -0.1) is 10.2 Å². The van der Waals surface area contributed by atoms with E-state index in [4.69, 9.17) is 0 Å². The van der Waals surface area contributed by atoms with Crippen LogP contribution in [0.3, 0.4) is 0 Å². The summed E-state index contributed by atoms with van der Waals surface area (Å²) in [4.78, 5) is 11.7. The minimum atomic E-state index is -0.898. The summed E-state index contributed by atoms with van der Waals surface area (Å²) in [5.41, 5.74) is -0.207. The Balaban J connectivity index is 1.98. The molecule has 0 saturated carbocycles. The largest absolute Gasteiger partial charge is 0.351 e. The first-order chi connectivity index (χ1) is 9.08. The molecule has 1 amide bonds. The second kappa shape index (κ2) is 5.51. The topological polar surface area (TPSA) is 83.6 Å². The second-order valence-electron chi connectivity index (χ2n) is 4.01. The summed E-state index contributed by atoms with van der Waals surface area (Å²) in [7, 11) is 0. The van der Waals surface area contributed by atoms with Gasteiger partial charge >= 0.3 is 0 Å². The van der Waals surface area contributed by atoms with Crippen LogP contribution in [0.2, 0.25) is 0 Å². The van der Waals surface area contributed by atoms with E-state index in [-0.39, 0.29) is 18.0 Å². The van der Waals surface area contributed by atoms with Crippen LogP contribution in [0.15, 0.2) is 18.2 Å². The first-order valence-electron chi connectivity index (χ1n) is 5.54. The molecule has 0 aliphatic carbocycles. The normalized spacial score (nSPS) is 12.2. The van der Waals surface area contributed by atoms with Crippen LogP contribution in [-0.4, -0.2) is 33.1 Å². The lowest BCUT2D eigenvalue weighted by Crippen LogP contribution is -2.28. The molecule has 1 unspecified atom stereocenters. The molecule has 19 heavy (non-hydrogen) atoms. The average molecular weight is 267 g/mol. The van der Waals surface area contributed by atoms with E-state index in [0.717, 1.165) is 12.1 Å². The third kappa shape index (κ3) is 3.09. The Labute approximate surface area is 107 Å². The van der Waals surface area contributed by atoms with Crippen LogP contribution in [0.4, 0.5) is 8.78 Å². The van der Waals surface area contributed by atoms with Gasteiger partial charge < -0.3 is 5.32 Å². The maximum absolute atomic E-state index is 13.4. The highest BCUT2D eigenvalue weighted by Gasteiger charge is 2.15. The van der Waals surface area contributed by atoms with E-state index in [1.165, 1.54) is 0 Å². The molecule has 0 spiro atoms. The van der Waals surface area contributed by atoms with Gasteiger partial charge in [-0.2, -0.15) is 5.21 Å². The van der Waals surface area contributed by atoms with Crippen molar-refractivity contribution in [3.63, 3.8) is 0 Å². The number of nitrogens with zero attached hydrogens (tertiary/aromatic N) is 3. The van der Waals surface area contributed by atoms with E-state index in [0.29, 0.717) is 11.9 Å². The van der Waals surface area contributed by atoms with E-state index in [9.17, 15) is 13.6 Å². The van der Waals surface area contributed by atoms with Crippen molar-refractivity contribution in [1.82, 2.24) is 25.9 Å². The van der Waals surface area contributed by atoms with Crippen LogP contribution in [0.1, 0.15) is 29.0 Å². The van der Waals surface area contributed by atoms with Crippen molar-refractivity contribution in [3.05, 3.63) is 41.2 Å². The lowest BCUT2D eigenvalue weighted by molar-refractivity contribution is 0.0947. The highest BCUT2D eigenvalue weighted by atomic mass is 19.1. The number of nitrogens with one attached hydrogen (secondary N) is 2. The van der Waals surface area contributed by atoms with Crippen LogP contribution in [-0.2, 0) is 0 Å². The molecule has 0 aliphatic rings. The summed E-state index contributed by atoms with van der Waals surface area (Å²) in [5.74, 6) is -1.97. The number of benzene rings is 1. The van der Waals surface area contributed by atoms with Crippen molar-refractivity contribution >= 4 is 5.91 Å². The van der Waals surface area contributed by atoms with Gasteiger partial charge in [0, 0.05) is 18.5 Å². The molecule has 2 N–H and O–H groups in total. The minimum absolute atomic E-state index is 0.175. The van der Waals surface area contributed by atoms with Gasteiger partial charge in [-0.1, -0.05) is 12.1 Å². The summed E-state index contributed by atoms with van der Waals surface area (Å²) in [6.07, 6.45) is 0. The molecule has 6 nitrogen and oxygen atoms in total. The highest BCUT2D eigenvalue weighted by Crippen LogP contribution is 2.10. The van der Waals surface area contributed by atoms with Gasteiger partial charge in [0.15, 0.2) is 5.82 Å². The van der Waals surface area contributed by atoms with E-state index in [1.807, 2.05) is 0 Å². The molecule has 0 fully saturated rings. The summed E-state index contributed by atoms with van der Waals surface area (Å²) in [6.45, 7) is 2.00. The fraction of sp³-hybridized carbons (Fsp3) is 0.273. The zero-order chi connectivity index (χ0) is 13.8. The molecular formula is C11H11F2N5O. The first-order valence-corrected chi connectivity index (χ1v) is 5.54. The molecule has 0 bridgehead atoms. The van der Waals surface area contributed by atoms with Crippen molar-refractivity contribution < 1.29 is 13.6 Å². The Morgan fingerprint density at radius 2 is 2.26 bits per heavy atom. The average Bonchev–Trinajstić information content (AvgIpc) is 2.89. The molecule has 1 aromatic heterocycles. The fourth-order valence-corrected chi connectivity index (χ4v) is 1.48. The van der Waals surface area contributed by atoms with Crippen molar-refractivity contribution in [1.29, 1.82) is 0 Å². The maximum atomic E-state index is 13.4. The molecule has 0 radical (unpaired) electrons. The van der Waals surface area contributed by atoms with Crippen LogP contribution < -0.4 is 5.32 Å². The third-order valence-corrected chi connectivity index (χ3v) is 2.55. The Morgan fingerprint density at radius 1 is 1.47 bits per heavy atom. The van der Waals surface area contributed by atoms with Gasteiger partial charge in [0.05, 0.1) is 5.56 Å². The number of H-pyrrole nitrogens is 1. The summed E-state index contributed by atoms with van der Waals surface area (Å²) >= 11 is 0. The molecule has 2 rings (SSSR count). The van der Waals surface area contributed by atoms with Crippen molar-refractivity contribution in [3.8, 4) is 0 Å². The number of tetrazole rings is 1. The number of aromatic nitrogens is 4. The number of hydrogen-bond acceptors (Lipinski definition) is 4. The Morgan fingerprint density at radius 3 is 2.89 bits per heavy atom. The first kappa shape index (κ1) is 13.1.